The van der Waals surface area contributed by atoms with Gasteiger partial charge >= 0.3 is 0 Å². The van der Waals surface area contributed by atoms with Crippen molar-refractivity contribution in [1.82, 2.24) is 49.4 Å². The molecule has 0 saturated carbocycles. The molecule has 0 aliphatic heterocycles. The lowest BCUT2D eigenvalue weighted by Gasteiger charge is -2.15. The summed E-state index contributed by atoms with van der Waals surface area (Å²) in [5.41, 5.74) is 14.8. The van der Waals surface area contributed by atoms with E-state index >= 15 is 0 Å². The van der Waals surface area contributed by atoms with Crippen molar-refractivity contribution in [2.45, 2.75) is 0 Å². The number of para-hydroxylation sites is 1. The van der Waals surface area contributed by atoms with Crippen molar-refractivity contribution < 1.29 is 0 Å². The second kappa shape index (κ2) is 22.0. The molecular formula is C75H48N10. The molecule has 11 aromatic carbocycles. The number of rotatable bonds is 12. The number of fused-ring (bicyclic) bond motifs is 3. The van der Waals surface area contributed by atoms with Gasteiger partial charge in [0.2, 0.25) is 0 Å². The zero-order valence-corrected chi connectivity index (χ0v) is 45.7. The van der Waals surface area contributed by atoms with Crippen LogP contribution in [0.4, 0.5) is 0 Å². The lowest BCUT2D eigenvalue weighted by molar-refractivity contribution is 1.06. The van der Waals surface area contributed by atoms with Crippen molar-refractivity contribution >= 4 is 21.8 Å². The van der Waals surface area contributed by atoms with Gasteiger partial charge in [-0.15, -0.1) is 0 Å². The summed E-state index contributed by atoms with van der Waals surface area (Å²) in [5, 5.41) is 2.07. The first-order chi connectivity index (χ1) is 42.1. The third kappa shape index (κ3) is 9.75. The van der Waals surface area contributed by atoms with E-state index in [-0.39, 0.29) is 0 Å². The molecular weight excluding hydrogens is 1040 g/mol. The Balaban J connectivity index is 0.949. The first kappa shape index (κ1) is 50.2. The van der Waals surface area contributed by atoms with Crippen molar-refractivity contribution in [3.63, 3.8) is 0 Å². The van der Waals surface area contributed by atoms with Crippen molar-refractivity contribution in [2.75, 3.05) is 0 Å². The van der Waals surface area contributed by atoms with Gasteiger partial charge in [-0.1, -0.05) is 255 Å². The SMILES string of the molecule is c1ccc(-c2nc(-c3ccccc3)nc(-c3ccccc3-c3ccc4c(c3)c3cc(-c5ccccc5-c5nc(-c6ccccc6)nc(-c6ccccc6)n5)ccc3n4-c3ccccc3-c3nc(-c4ccccc4)nc(-c4ccccc4)n3)n2)cc1. The molecule has 10 nitrogen and oxygen atoms in total. The number of hydrogen-bond acceptors (Lipinski definition) is 9. The molecule has 0 amide bonds. The molecule has 15 rings (SSSR count). The zero-order chi connectivity index (χ0) is 56.5. The highest BCUT2D eigenvalue weighted by molar-refractivity contribution is 6.12. The molecule has 398 valence electrons. The molecule has 10 heteroatoms. The Labute approximate surface area is 490 Å². The minimum Gasteiger partial charge on any atom is -0.309 e. The lowest BCUT2D eigenvalue weighted by atomic mass is 9.95. The average Bonchev–Trinajstić information content (AvgIpc) is 2.15. The van der Waals surface area contributed by atoms with Crippen molar-refractivity contribution in [2.24, 2.45) is 0 Å². The number of hydrogen-bond donors (Lipinski definition) is 0. The second-order valence-electron chi connectivity index (χ2n) is 20.5. The Morgan fingerprint density at radius 1 is 0.176 bits per heavy atom. The first-order valence-corrected chi connectivity index (χ1v) is 28.1. The van der Waals surface area contributed by atoms with Crippen LogP contribution in [0.2, 0.25) is 0 Å². The van der Waals surface area contributed by atoms with Crippen LogP contribution in [-0.4, -0.2) is 49.4 Å². The highest BCUT2D eigenvalue weighted by Gasteiger charge is 2.23. The summed E-state index contributed by atoms with van der Waals surface area (Å²) in [5.74, 6) is 5.26. The largest absolute Gasteiger partial charge is 0.309 e. The number of nitrogens with zero attached hydrogens (tertiary/aromatic N) is 10. The molecule has 4 heterocycles. The lowest BCUT2D eigenvalue weighted by Crippen LogP contribution is -2.03. The van der Waals surface area contributed by atoms with E-state index in [1.54, 1.807) is 0 Å². The summed E-state index contributed by atoms with van der Waals surface area (Å²) in [7, 11) is 0. The van der Waals surface area contributed by atoms with E-state index in [0.717, 1.165) is 99.8 Å². The Bertz CT molecular complexity index is 4520. The molecule has 0 atom stereocenters. The molecule has 0 aliphatic carbocycles. The Hall–Kier alpha value is -11.8. The maximum Gasteiger partial charge on any atom is 0.166 e. The molecule has 0 fully saturated rings. The monoisotopic (exact) mass is 1090 g/mol. The van der Waals surface area contributed by atoms with E-state index in [9.17, 15) is 0 Å². The fraction of sp³-hybridized carbons (Fsp3) is 0. The summed E-state index contributed by atoms with van der Waals surface area (Å²) in [4.78, 5) is 46.4. The fourth-order valence-electron chi connectivity index (χ4n) is 11.1. The van der Waals surface area contributed by atoms with Gasteiger partial charge in [0.15, 0.2) is 52.4 Å². The van der Waals surface area contributed by atoms with Gasteiger partial charge < -0.3 is 4.57 Å². The van der Waals surface area contributed by atoms with Crippen LogP contribution in [0, 0.1) is 0 Å². The molecule has 85 heavy (non-hydrogen) atoms. The molecule has 15 aromatic rings. The highest BCUT2D eigenvalue weighted by Crippen LogP contribution is 2.43. The normalized spacial score (nSPS) is 11.3. The van der Waals surface area contributed by atoms with Crippen molar-refractivity contribution in [3.8, 4) is 130 Å². The number of aromatic nitrogens is 10. The van der Waals surface area contributed by atoms with Crippen LogP contribution < -0.4 is 0 Å². The molecule has 0 unspecified atom stereocenters. The molecule has 0 bridgehead atoms. The van der Waals surface area contributed by atoms with Crippen LogP contribution in [0.1, 0.15) is 0 Å². The van der Waals surface area contributed by atoms with Gasteiger partial charge in [0, 0.05) is 60.8 Å². The van der Waals surface area contributed by atoms with Gasteiger partial charge in [0.05, 0.1) is 16.7 Å². The van der Waals surface area contributed by atoms with Gasteiger partial charge in [-0.25, -0.2) is 44.9 Å². The third-order valence-corrected chi connectivity index (χ3v) is 15.2. The summed E-state index contributed by atoms with van der Waals surface area (Å²) in [6.07, 6.45) is 0. The van der Waals surface area contributed by atoms with Gasteiger partial charge in [0.25, 0.3) is 0 Å². The molecule has 0 N–H and O–H groups in total. The Morgan fingerprint density at radius 3 is 0.718 bits per heavy atom. The minimum atomic E-state index is 0.554. The predicted molar refractivity (Wildman–Crippen MR) is 341 cm³/mol. The molecule has 0 radical (unpaired) electrons. The summed E-state index contributed by atoms with van der Waals surface area (Å²) in [6, 6.07) is 99.1. The van der Waals surface area contributed by atoms with Crippen molar-refractivity contribution in [3.05, 3.63) is 291 Å². The third-order valence-electron chi connectivity index (χ3n) is 15.2. The van der Waals surface area contributed by atoms with E-state index in [4.69, 9.17) is 44.9 Å². The first-order valence-electron chi connectivity index (χ1n) is 28.1. The van der Waals surface area contributed by atoms with Crippen LogP contribution >= 0.6 is 0 Å². The zero-order valence-electron chi connectivity index (χ0n) is 45.7. The van der Waals surface area contributed by atoms with E-state index in [0.29, 0.717) is 52.4 Å². The van der Waals surface area contributed by atoms with Gasteiger partial charge in [0.1, 0.15) is 0 Å². The quantitative estimate of drug-likeness (QED) is 0.118. The smallest absolute Gasteiger partial charge is 0.166 e. The number of benzene rings is 11. The summed E-state index contributed by atoms with van der Waals surface area (Å²) < 4.78 is 2.34. The van der Waals surface area contributed by atoms with Gasteiger partial charge in [-0.2, -0.15) is 0 Å². The summed E-state index contributed by atoms with van der Waals surface area (Å²) in [6.45, 7) is 0. The average molecular weight is 1090 g/mol. The maximum absolute atomic E-state index is 5.25. The molecule has 4 aromatic heterocycles. The van der Waals surface area contributed by atoms with Crippen LogP contribution in [0.3, 0.4) is 0 Å². The van der Waals surface area contributed by atoms with E-state index in [1.165, 1.54) is 0 Å². The van der Waals surface area contributed by atoms with E-state index in [1.807, 2.05) is 200 Å². The standard InChI is InChI=1S/C75H48N10/c1-7-25-49(26-8-1)67-76-68(50-27-9-2-10-28-50)80-73(79-67)59-39-21-19-37-57(59)55-43-45-65-62(47-55)63-48-56(58-38-20-22-40-60(58)74-81-69(51-29-11-3-12-30-51)77-70(82-74)52-31-13-4-14-32-52)44-46-66(63)85(65)64-42-24-23-41-61(64)75-83-71(53-33-15-5-16-34-53)78-72(84-75)54-35-17-6-18-36-54/h1-48H. The van der Waals surface area contributed by atoms with Crippen LogP contribution in [-0.2, 0) is 0 Å². The fourth-order valence-corrected chi connectivity index (χ4v) is 11.1. The summed E-state index contributed by atoms with van der Waals surface area (Å²) >= 11 is 0. The van der Waals surface area contributed by atoms with Gasteiger partial charge in [-0.3, -0.25) is 0 Å². The van der Waals surface area contributed by atoms with Crippen LogP contribution in [0.15, 0.2) is 291 Å². The Kier molecular flexibility index (Phi) is 13.0. The van der Waals surface area contributed by atoms with Crippen LogP contribution in [0.25, 0.3) is 152 Å². The molecule has 0 spiro atoms. The molecule has 0 saturated heterocycles. The molecule has 0 aliphatic rings. The minimum absolute atomic E-state index is 0.554. The van der Waals surface area contributed by atoms with Crippen molar-refractivity contribution in [1.29, 1.82) is 0 Å². The van der Waals surface area contributed by atoms with E-state index < -0.39 is 0 Å². The van der Waals surface area contributed by atoms with Gasteiger partial charge in [-0.05, 0) is 58.7 Å². The van der Waals surface area contributed by atoms with Crippen LogP contribution in [0.5, 0.6) is 0 Å². The van der Waals surface area contributed by atoms with E-state index in [2.05, 4.69) is 95.6 Å². The Morgan fingerprint density at radius 2 is 0.412 bits per heavy atom. The maximum atomic E-state index is 5.25. The predicted octanol–water partition coefficient (Wildman–Crippen LogP) is 17.7. The topological polar surface area (TPSA) is 121 Å². The highest BCUT2D eigenvalue weighted by atomic mass is 15.1. The second-order valence-corrected chi connectivity index (χ2v) is 20.5.